The molecule has 108 valence electrons. The number of aromatic hydroxyl groups is 1. The molecule has 0 heterocycles. The van der Waals surface area contributed by atoms with Gasteiger partial charge in [0.2, 0.25) is 5.91 Å². The molecule has 0 aromatic heterocycles. The van der Waals surface area contributed by atoms with Crippen LogP contribution in [0.25, 0.3) is 6.08 Å². The summed E-state index contributed by atoms with van der Waals surface area (Å²) in [5, 5.41) is 12.0. The maximum atomic E-state index is 11.8. The highest BCUT2D eigenvalue weighted by molar-refractivity contribution is 6.02. The highest BCUT2D eigenvalue weighted by Gasteiger charge is 2.01. The fraction of sp³-hybridized carbons (Fsp3) is 0.0625. The zero-order valence-corrected chi connectivity index (χ0v) is 11.5. The Labute approximate surface area is 122 Å². The molecule has 0 aliphatic heterocycles. The van der Waals surface area contributed by atoms with Crippen molar-refractivity contribution >= 4 is 23.4 Å². The lowest BCUT2D eigenvalue weighted by Crippen LogP contribution is -2.07. The van der Waals surface area contributed by atoms with Crippen LogP contribution in [0.4, 0.5) is 11.4 Å². The zero-order chi connectivity index (χ0) is 15.2. The van der Waals surface area contributed by atoms with Gasteiger partial charge in [0.1, 0.15) is 11.5 Å². The molecule has 0 radical (unpaired) electrons. The molecule has 4 N–H and O–H groups in total. The molecular formula is C16H16N2O3. The van der Waals surface area contributed by atoms with Gasteiger partial charge in [-0.2, -0.15) is 0 Å². The Morgan fingerprint density at radius 3 is 2.76 bits per heavy atom. The molecule has 5 nitrogen and oxygen atoms in total. The van der Waals surface area contributed by atoms with Gasteiger partial charge in [0.05, 0.1) is 12.8 Å². The van der Waals surface area contributed by atoms with E-state index in [1.807, 2.05) is 0 Å². The number of ether oxygens (including phenoxy) is 1. The second-order valence-corrected chi connectivity index (χ2v) is 4.37. The summed E-state index contributed by atoms with van der Waals surface area (Å²) in [5.41, 5.74) is 7.62. The van der Waals surface area contributed by atoms with E-state index < -0.39 is 0 Å². The van der Waals surface area contributed by atoms with E-state index in [1.54, 1.807) is 43.5 Å². The molecule has 0 unspecified atom stereocenters. The average molecular weight is 284 g/mol. The highest BCUT2D eigenvalue weighted by Crippen LogP contribution is 2.22. The number of nitrogens with one attached hydrogen (secondary N) is 1. The van der Waals surface area contributed by atoms with Gasteiger partial charge in [0, 0.05) is 17.8 Å². The van der Waals surface area contributed by atoms with Gasteiger partial charge in [-0.15, -0.1) is 0 Å². The van der Waals surface area contributed by atoms with Crippen molar-refractivity contribution in [2.75, 3.05) is 18.2 Å². The number of phenolic OH excluding ortho intramolecular Hbond substituents is 1. The number of amides is 1. The van der Waals surface area contributed by atoms with Crippen molar-refractivity contribution in [3.8, 4) is 11.5 Å². The molecule has 0 atom stereocenters. The van der Waals surface area contributed by atoms with Crippen molar-refractivity contribution in [2.24, 2.45) is 0 Å². The van der Waals surface area contributed by atoms with Crippen molar-refractivity contribution in [3.63, 3.8) is 0 Å². The van der Waals surface area contributed by atoms with Gasteiger partial charge in [0.25, 0.3) is 0 Å². The number of carbonyl (C=O) groups is 1. The first-order valence-electron chi connectivity index (χ1n) is 6.30. The molecule has 2 aromatic rings. The lowest BCUT2D eigenvalue weighted by Gasteiger charge is -2.05. The molecular weight excluding hydrogens is 268 g/mol. The lowest BCUT2D eigenvalue weighted by molar-refractivity contribution is -0.111. The molecule has 0 fully saturated rings. The predicted molar refractivity (Wildman–Crippen MR) is 83.2 cm³/mol. The van der Waals surface area contributed by atoms with E-state index in [9.17, 15) is 9.90 Å². The van der Waals surface area contributed by atoms with E-state index in [2.05, 4.69) is 5.32 Å². The number of nitrogen functional groups attached to an aromatic ring is 1. The minimum Gasteiger partial charge on any atom is -0.508 e. The summed E-state index contributed by atoms with van der Waals surface area (Å²) < 4.78 is 5.06. The molecule has 0 saturated carbocycles. The Hall–Kier alpha value is -2.95. The quantitative estimate of drug-likeness (QED) is 0.595. The third kappa shape index (κ3) is 4.01. The average Bonchev–Trinajstić information content (AvgIpc) is 2.45. The molecule has 0 saturated heterocycles. The Balaban J connectivity index is 2.03. The first-order valence-corrected chi connectivity index (χ1v) is 6.30. The molecule has 2 rings (SSSR count). The summed E-state index contributed by atoms with van der Waals surface area (Å²) in [7, 11) is 1.55. The zero-order valence-electron chi connectivity index (χ0n) is 11.5. The molecule has 5 heteroatoms. The molecule has 0 bridgehead atoms. The number of carbonyl (C=O) groups excluding carboxylic acids is 1. The van der Waals surface area contributed by atoms with E-state index in [-0.39, 0.29) is 11.7 Å². The smallest absolute Gasteiger partial charge is 0.248 e. The summed E-state index contributed by atoms with van der Waals surface area (Å²) in [5.74, 6) is 0.394. The number of hydrogen-bond acceptors (Lipinski definition) is 4. The second-order valence-electron chi connectivity index (χ2n) is 4.37. The molecule has 0 spiro atoms. The van der Waals surface area contributed by atoms with Crippen LogP contribution in [0.3, 0.4) is 0 Å². The van der Waals surface area contributed by atoms with Crippen molar-refractivity contribution in [2.45, 2.75) is 0 Å². The lowest BCUT2D eigenvalue weighted by atomic mass is 10.1. The summed E-state index contributed by atoms with van der Waals surface area (Å²) in [6.07, 6.45) is 3.04. The van der Waals surface area contributed by atoms with Gasteiger partial charge in [-0.3, -0.25) is 4.79 Å². The maximum Gasteiger partial charge on any atom is 0.248 e. The van der Waals surface area contributed by atoms with Crippen LogP contribution in [-0.4, -0.2) is 18.1 Å². The first kappa shape index (κ1) is 14.5. The second kappa shape index (κ2) is 6.47. The fourth-order valence-electron chi connectivity index (χ4n) is 1.80. The van der Waals surface area contributed by atoms with E-state index in [0.29, 0.717) is 17.1 Å². The monoisotopic (exact) mass is 284 g/mol. The van der Waals surface area contributed by atoms with Gasteiger partial charge in [0.15, 0.2) is 0 Å². The van der Waals surface area contributed by atoms with Crippen molar-refractivity contribution in [1.29, 1.82) is 0 Å². The number of hydrogen-bond donors (Lipinski definition) is 3. The van der Waals surface area contributed by atoms with Gasteiger partial charge in [-0.1, -0.05) is 12.1 Å². The van der Waals surface area contributed by atoms with Crippen LogP contribution < -0.4 is 15.8 Å². The fourth-order valence-corrected chi connectivity index (χ4v) is 1.80. The Bertz CT molecular complexity index is 681. The molecule has 0 aliphatic carbocycles. The number of phenols is 1. The van der Waals surface area contributed by atoms with Crippen LogP contribution in [0, 0.1) is 0 Å². The maximum absolute atomic E-state index is 11.8. The Morgan fingerprint density at radius 2 is 2.10 bits per heavy atom. The van der Waals surface area contributed by atoms with Crippen LogP contribution >= 0.6 is 0 Å². The molecule has 1 amide bonds. The van der Waals surface area contributed by atoms with Crippen LogP contribution in [0.5, 0.6) is 11.5 Å². The normalized spacial score (nSPS) is 10.5. The van der Waals surface area contributed by atoms with Gasteiger partial charge >= 0.3 is 0 Å². The van der Waals surface area contributed by atoms with Crippen molar-refractivity contribution in [3.05, 3.63) is 54.1 Å². The van der Waals surface area contributed by atoms with Gasteiger partial charge < -0.3 is 20.9 Å². The van der Waals surface area contributed by atoms with Gasteiger partial charge in [-0.25, -0.2) is 0 Å². The van der Waals surface area contributed by atoms with Crippen LogP contribution in [0.1, 0.15) is 5.56 Å². The molecule has 0 aliphatic rings. The minimum atomic E-state index is -0.296. The van der Waals surface area contributed by atoms with E-state index in [4.69, 9.17) is 10.5 Å². The minimum absolute atomic E-state index is 0.0970. The summed E-state index contributed by atoms with van der Waals surface area (Å²) in [6, 6.07) is 11.6. The number of methoxy groups -OCH3 is 1. The van der Waals surface area contributed by atoms with Crippen LogP contribution in [-0.2, 0) is 4.79 Å². The summed E-state index contributed by atoms with van der Waals surface area (Å²) in [6.45, 7) is 0. The first-order chi connectivity index (χ1) is 10.1. The van der Waals surface area contributed by atoms with Gasteiger partial charge in [-0.05, 0) is 35.9 Å². The van der Waals surface area contributed by atoms with E-state index in [0.717, 1.165) is 5.56 Å². The largest absolute Gasteiger partial charge is 0.508 e. The van der Waals surface area contributed by atoms with Crippen molar-refractivity contribution in [1.82, 2.24) is 0 Å². The summed E-state index contributed by atoms with van der Waals surface area (Å²) >= 11 is 0. The molecule has 2 aromatic carbocycles. The third-order valence-electron chi connectivity index (χ3n) is 2.79. The third-order valence-corrected chi connectivity index (χ3v) is 2.79. The topological polar surface area (TPSA) is 84.6 Å². The Morgan fingerprint density at radius 1 is 1.29 bits per heavy atom. The van der Waals surface area contributed by atoms with Crippen LogP contribution in [0.2, 0.25) is 0 Å². The van der Waals surface area contributed by atoms with E-state index in [1.165, 1.54) is 18.2 Å². The standard InChI is InChI=1S/C16H16N2O3/c1-21-15-7-5-11(9-14(15)17)6-8-16(20)18-12-3-2-4-13(19)10-12/h2-10,19H,17H2,1H3,(H,18,20)/b8-6-. The van der Waals surface area contributed by atoms with Crippen LogP contribution in [0.15, 0.2) is 48.5 Å². The Kier molecular flexibility index (Phi) is 4.46. The number of anilines is 2. The van der Waals surface area contributed by atoms with E-state index >= 15 is 0 Å². The predicted octanol–water partition coefficient (Wildman–Crippen LogP) is 2.63. The number of rotatable bonds is 4. The number of nitrogens with two attached hydrogens (primary N) is 1. The van der Waals surface area contributed by atoms with Crippen molar-refractivity contribution < 1.29 is 14.6 Å². The summed E-state index contributed by atoms with van der Waals surface area (Å²) in [4.78, 5) is 11.8. The highest BCUT2D eigenvalue weighted by atomic mass is 16.5. The molecule has 21 heavy (non-hydrogen) atoms. The number of benzene rings is 2. The SMILES string of the molecule is COc1ccc(/C=C\C(=O)Nc2cccc(O)c2)cc1N.